The van der Waals surface area contributed by atoms with Gasteiger partial charge in [0.1, 0.15) is 22.8 Å². The van der Waals surface area contributed by atoms with Crippen LogP contribution in [0.4, 0.5) is 0 Å². The molecule has 13 nitrogen and oxygen atoms in total. The van der Waals surface area contributed by atoms with E-state index in [9.17, 15) is 26.9 Å². The van der Waals surface area contributed by atoms with Gasteiger partial charge in [-0.25, -0.2) is 26.8 Å². The van der Waals surface area contributed by atoms with Crippen molar-refractivity contribution in [2.24, 2.45) is 23.5 Å². The molecule has 0 radical (unpaired) electrons. The number of pyridine rings is 2. The average Bonchev–Trinajstić information content (AvgIpc) is 3.85. The van der Waals surface area contributed by atoms with E-state index in [0.29, 0.717) is 23.0 Å². The van der Waals surface area contributed by atoms with E-state index in [2.05, 4.69) is 19.9 Å². The molecule has 18 heteroatoms. The molecule has 0 atom stereocenters. The Kier molecular flexibility index (Phi) is 12.9. The number of halogens is 1. The second-order valence-corrected chi connectivity index (χ2v) is 20.3. The highest BCUT2D eigenvalue weighted by Gasteiger charge is 2.39. The van der Waals surface area contributed by atoms with Crippen molar-refractivity contribution in [2.75, 3.05) is 5.75 Å². The summed E-state index contributed by atoms with van der Waals surface area (Å²) in [4.78, 5) is 14.8. The highest BCUT2D eigenvalue weighted by molar-refractivity contribution is 8.13. The first-order valence-electron chi connectivity index (χ1n) is 19.3. The van der Waals surface area contributed by atoms with Crippen LogP contribution >= 0.6 is 10.7 Å². The fraction of sp³-hybridized carbons (Fsp3) is 0.286. The van der Waals surface area contributed by atoms with E-state index in [1.807, 2.05) is 60.9 Å². The van der Waals surface area contributed by atoms with E-state index in [0.717, 1.165) is 75.6 Å². The molecule has 0 unspecified atom stereocenters. The third kappa shape index (κ3) is 9.99. The lowest BCUT2D eigenvalue weighted by Gasteiger charge is -2.38. The molecule has 2 aliphatic heterocycles. The highest BCUT2D eigenvalue weighted by atomic mass is 35.7. The number of fused-ring (bicyclic) bond motifs is 6. The minimum atomic E-state index is -3.40. The number of nitrogens with zero attached hydrogens (tertiary/aromatic N) is 2. The lowest BCUT2D eigenvalue weighted by atomic mass is 9.66. The maximum Gasteiger partial charge on any atom is 0.552 e. The molecule has 6 heterocycles. The number of aromatic amines is 2. The fourth-order valence-electron chi connectivity index (χ4n) is 8.30. The second kappa shape index (κ2) is 18.0. The molecule has 4 aromatic heterocycles. The Morgan fingerprint density at radius 1 is 0.700 bits per heavy atom. The normalized spacial score (nSPS) is 20.5. The van der Waals surface area contributed by atoms with Crippen LogP contribution in [0.1, 0.15) is 55.4 Å². The van der Waals surface area contributed by atoms with Gasteiger partial charge in [-0.2, -0.15) is 0 Å². The molecule has 0 saturated heterocycles. The Labute approximate surface area is 354 Å². The van der Waals surface area contributed by atoms with Crippen molar-refractivity contribution < 1.29 is 36.2 Å². The Bertz CT molecular complexity index is 2740. The minimum absolute atomic E-state index is 0. The molecular formula is C42H46B2ClN5O8S2. The summed E-state index contributed by atoms with van der Waals surface area (Å²) in [5.74, 6) is 5.71. The Balaban J connectivity index is 0.000000151. The number of hydrogen-bond donors (Lipinski definition) is 5. The van der Waals surface area contributed by atoms with Gasteiger partial charge in [-0.05, 0) is 89.8 Å². The number of allylic oxidation sites excluding steroid dienone is 2. The van der Waals surface area contributed by atoms with Crippen LogP contribution in [0.3, 0.4) is 0 Å². The molecular weight excluding hydrogens is 824 g/mol. The van der Waals surface area contributed by atoms with Gasteiger partial charge in [0.2, 0.25) is 9.05 Å². The number of benzene rings is 2. The smallest absolute Gasteiger partial charge is 0.531 e. The van der Waals surface area contributed by atoms with Gasteiger partial charge in [-0.1, -0.05) is 68.1 Å². The topological polar surface area (TPSA) is 211 Å². The van der Waals surface area contributed by atoms with E-state index in [1.165, 1.54) is 0 Å². The lowest BCUT2D eigenvalue weighted by Crippen LogP contribution is -2.38. The van der Waals surface area contributed by atoms with Crippen LogP contribution in [0.2, 0.25) is 0 Å². The zero-order valence-corrected chi connectivity index (χ0v) is 34.2. The predicted molar refractivity (Wildman–Crippen MR) is 238 cm³/mol. The van der Waals surface area contributed by atoms with E-state index in [4.69, 9.17) is 25.7 Å². The molecule has 10 rings (SSSR count). The van der Waals surface area contributed by atoms with Crippen LogP contribution in [0.25, 0.3) is 33.2 Å². The highest BCUT2D eigenvalue weighted by Crippen LogP contribution is 2.49. The van der Waals surface area contributed by atoms with Gasteiger partial charge in [-0.3, -0.25) is 0 Å². The third-order valence-corrected chi connectivity index (χ3v) is 13.8. The van der Waals surface area contributed by atoms with Gasteiger partial charge < -0.3 is 35.1 Å². The molecule has 0 bridgehead atoms. The first kappa shape index (κ1) is 43.2. The Morgan fingerprint density at radius 3 is 1.60 bits per heavy atom. The first-order valence-corrected chi connectivity index (χ1v) is 23.6. The first-order chi connectivity index (χ1) is 28.3. The summed E-state index contributed by atoms with van der Waals surface area (Å²) < 4.78 is 57.3. The van der Waals surface area contributed by atoms with Gasteiger partial charge in [-0.15, -0.1) is 0 Å². The Morgan fingerprint density at radius 2 is 1.15 bits per heavy atom. The summed E-state index contributed by atoms with van der Waals surface area (Å²) in [6.07, 6.45) is 10.5. The number of rotatable bonds is 8. The predicted octanol–water partition coefficient (Wildman–Crippen LogP) is 6.49. The molecule has 6 N–H and O–H groups in total. The van der Waals surface area contributed by atoms with Crippen molar-refractivity contribution in [1.82, 2.24) is 19.9 Å². The summed E-state index contributed by atoms with van der Waals surface area (Å²) in [6.45, 7) is 0. The SMILES string of the molecule is C.NC1CC(C2=CB(O)Oc3cnc4[nH]ccc4c32)C1.O=S(=O)(Cc1ccccc1)CC1CC(C2=CB(O)Oc3cnc4[nH]ccc4c32)C1.O=S(=O)(Cl)Cc1ccccc1. The molecule has 6 aromatic rings. The zero-order valence-electron chi connectivity index (χ0n) is 31.8. The number of nitrogens with two attached hydrogens (primary N) is 1. The Hall–Kier alpha value is -4.90. The molecule has 2 aromatic carbocycles. The molecule has 312 valence electrons. The maximum absolute atomic E-state index is 12.6. The van der Waals surface area contributed by atoms with Crippen LogP contribution in [-0.2, 0) is 30.4 Å². The summed E-state index contributed by atoms with van der Waals surface area (Å²) in [6, 6.07) is 22.4. The van der Waals surface area contributed by atoms with Crippen molar-refractivity contribution in [3.63, 3.8) is 0 Å². The van der Waals surface area contributed by atoms with Crippen LogP contribution in [0, 0.1) is 17.8 Å². The summed E-state index contributed by atoms with van der Waals surface area (Å²) in [5.41, 5.74) is 13.2. The van der Waals surface area contributed by atoms with Gasteiger partial charge in [0, 0.05) is 51.0 Å². The third-order valence-electron chi connectivity index (χ3n) is 11.0. The van der Waals surface area contributed by atoms with Gasteiger partial charge in [0.25, 0.3) is 0 Å². The van der Waals surface area contributed by atoms with Crippen molar-refractivity contribution in [2.45, 2.75) is 50.7 Å². The molecule has 0 amide bonds. The van der Waals surface area contributed by atoms with Crippen LogP contribution in [0.15, 0.2) is 110 Å². The van der Waals surface area contributed by atoms with Crippen molar-refractivity contribution >= 4 is 77.0 Å². The molecule has 2 fully saturated rings. The van der Waals surface area contributed by atoms with E-state index in [1.54, 1.807) is 48.6 Å². The summed E-state index contributed by atoms with van der Waals surface area (Å²) >= 11 is 0. The number of aromatic nitrogens is 4. The number of sulfone groups is 1. The number of nitrogens with one attached hydrogen (secondary N) is 2. The lowest BCUT2D eigenvalue weighted by molar-refractivity contribution is 0.272. The fourth-order valence-corrected chi connectivity index (χ4v) is 11.1. The number of H-pyrrole nitrogens is 2. The zero-order chi connectivity index (χ0) is 41.3. The molecule has 60 heavy (non-hydrogen) atoms. The van der Waals surface area contributed by atoms with E-state index in [-0.39, 0.29) is 42.6 Å². The maximum atomic E-state index is 12.6. The van der Waals surface area contributed by atoms with Crippen molar-refractivity contribution in [3.05, 3.63) is 132 Å². The van der Waals surface area contributed by atoms with Crippen LogP contribution in [-0.4, -0.2) is 72.9 Å². The van der Waals surface area contributed by atoms with Crippen molar-refractivity contribution in [3.8, 4) is 11.5 Å². The van der Waals surface area contributed by atoms with Gasteiger partial charge >= 0.3 is 14.2 Å². The summed E-state index contributed by atoms with van der Waals surface area (Å²) in [7, 11) is -3.41. The van der Waals surface area contributed by atoms with E-state index < -0.39 is 33.1 Å². The second-order valence-electron chi connectivity index (χ2n) is 15.4. The molecule has 2 aliphatic carbocycles. The van der Waals surface area contributed by atoms with Gasteiger partial charge in [0.05, 0.1) is 29.7 Å². The summed E-state index contributed by atoms with van der Waals surface area (Å²) in [5, 5.41) is 21.9. The molecule has 4 aliphatic rings. The molecule has 2 saturated carbocycles. The van der Waals surface area contributed by atoms with Crippen molar-refractivity contribution in [1.29, 1.82) is 0 Å². The standard InChI is InChI=1S/C21H21BN2O4S.C13H14BN3O2.C7H7ClO2S.CH4/c25-22-10-18(20-17-6-7-23-21(17)24-11-19(20)28-22)16-8-15(9-16)13-29(26,27)12-14-4-2-1-3-5-14;15-8-3-7(4-8)10-5-14(18)19-11-6-17-13-9(12(10)11)1-2-16-13;8-11(9,10)6-7-4-2-1-3-5-7;/h1-7,10-11,15-16,25H,8-9,12-13H2,(H,23,24);1-2,5-8,18H,3-4,15H2,(H,16,17);1-5H,6H2;1H4. The quantitative estimate of drug-likeness (QED) is 0.0825. The van der Waals surface area contributed by atoms with Gasteiger partial charge in [0.15, 0.2) is 9.84 Å². The average molecular weight is 870 g/mol. The van der Waals surface area contributed by atoms with Crippen LogP contribution in [0.5, 0.6) is 11.5 Å². The largest absolute Gasteiger partial charge is 0.552 e. The minimum Gasteiger partial charge on any atom is -0.531 e. The van der Waals surface area contributed by atoms with E-state index >= 15 is 0 Å². The van der Waals surface area contributed by atoms with Crippen LogP contribution < -0.4 is 15.0 Å². The monoisotopic (exact) mass is 869 g/mol. The number of hydrogen-bond acceptors (Lipinski definition) is 11. The molecule has 0 spiro atoms.